The zero-order chi connectivity index (χ0) is 20.9. The molecular weight excluding hydrogens is 411 g/mol. The Hall–Kier alpha value is -2.97. The lowest BCUT2D eigenvalue weighted by atomic mass is 10.2. The number of benzene rings is 2. The number of nitrogens with zero attached hydrogens (tertiary/aromatic N) is 4. The van der Waals surface area contributed by atoms with Crippen molar-refractivity contribution in [2.45, 2.75) is 6.54 Å². The van der Waals surface area contributed by atoms with E-state index in [4.69, 9.17) is 20.9 Å². The number of hydrogen-bond acceptors (Lipinski definition) is 6. The Kier molecular flexibility index (Phi) is 6.25. The highest BCUT2D eigenvalue weighted by molar-refractivity contribution is 6.30. The molecule has 0 saturated carbocycles. The van der Waals surface area contributed by atoms with Gasteiger partial charge in [-0.2, -0.15) is 4.98 Å². The largest absolute Gasteiger partial charge is 0.484 e. The minimum atomic E-state index is -0.395. The van der Waals surface area contributed by atoms with E-state index < -0.39 is 5.82 Å². The molecule has 0 atom stereocenters. The third-order valence-electron chi connectivity index (χ3n) is 4.81. The highest BCUT2D eigenvalue weighted by Crippen LogP contribution is 2.19. The van der Waals surface area contributed by atoms with Gasteiger partial charge in [0.15, 0.2) is 6.61 Å². The van der Waals surface area contributed by atoms with Gasteiger partial charge >= 0.3 is 0 Å². The van der Waals surface area contributed by atoms with Gasteiger partial charge in [-0.05, 0) is 36.4 Å². The van der Waals surface area contributed by atoms with Crippen LogP contribution in [0.4, 0.5) is 4.39 Å². The molecule has 0 bridgehead atoms. The maximum Gasteiger partial charge on any atom is 0.260 e. The fraction of sp³-hybridized carbons (Fsp3) is 0.286. The van der Waals surface area contributed by atoms with E-state index in [1.54, 1.807) is 29.2 Å². The highest BCUT2D eigenvalue weighted by Gasteiger charge is 2.23. The standard InChI is InChI=1S/C21H20ClFN4O3/c22-16-6-4-15(5-7-16)21-24-19(30-25-21)13-26-8-10-27(11-9-26)20(28)14-29-18-3-1-2-17(23)12-18/h1-7,12H,8-11,13-14H2. The number of carbonyl (C=O) groups is 1. The Balaban J connectivity index is 1.24. The molecule has 30 heavy (non-hydrogen) atoms. The number of rotatable bonds is 6. The lowest BCUT2D eigenvalue weighted by Crippen LogP contribution is -2.49. The summed E-state index contributed by atoms with van der Waals surface area (Å²) in [7, 11) is 0. The van der Waals surface area contributed by atoms with E-state index >= 15 is 0 Å². The van der Waals surface area contributed by atoms with Crippen LogP contribution in [-0.4, -0.2) is 58.6 Å². The molecule has 4 rings (SSSR count). The maximum atomic E-state index is 13.2. The third kappa shape index (κ3) is 5.14. The second-order valence-electron chi connectivity index (χ2n) is 6.92. The number of aromatic nitrogens is 2. The van der Waals surface area contributed by atoms with Crippen LogP contribution >= 0.6 is 11.6 Å². The lowest BCUT2D eigenvalue weighted by Gasteiger charge is -2.33. The van der Waals surface area contributed by atoms with Gasteiger partial charge in [-0.1, -0.05) is 22.8 Å². The Bertz CT molecular complexity index is 1000. The normalized spacial score (nSPS) is 14.7. The summed E-state index contributed by atoms with van der Waals surface area (Å²) in [6.07, 6.45) is 0. The van der Waals surface area contributed by atoms with Crippen molar-refractivity contribution in [3.8, 4) is 17.1 Å². The summed E-state index contributed by atoms with van der Waals surface area (Å²) in [5.74, 6) is 0.865. The number of ether oxygens (including phenoxy) is 1. The van der Waals surface area contributed by atoms with Crippen molar-refractivity contribution in [3.05, 3.63) is 65.3 Å². The Morgan fingerprint density at radius 3 is 2.63 bits per heavy atom. The molecule has 3 aromatic rings. The highest BCUT2D eigenvalue weighted by atomic mass is 35.5. The second kappa shape index (κ2) is 9.23. The van der Waals surface area contributed by atoms with E-state index in [9.17, 15) is 9.18 Å². The summed E-state index contributed by atoms with van der Waals surface area (Å²) >= 11 is 5.90. The first-order valence-corrected chi connectivity index (χ1v) is 9.91. The van der Waals surface area contributed by atoms with Gasteiger partial charge in [-0.15, -0.1) is 0 Å². The first-order valence-electron chi connectivity index (χ1n) is 9.54. The van der Waals surface area contributed by atoms with Crippen molar-refractivity contribution in [3.63, 3.8) is 0 Å². The van der Waals surface area contributed by atoms with Gasteiger partial charge in [0, 0.05) is 42.8 Å². The zero-order valence-corrected chi connectivity index (χ0v) is 16.9. The van der Waals surface area contributed by atoms with E-state index in [0.29, 0.717) is 55.2 Å². The predicted molar refractivity (Wildman–Crippen MR) is 108 cm³/mol. The molecule has 1 aliphatic rings. The van der Waals surface area contributed by atoms with Crippen molar-refractivity contribution in [2.24, 2.45) is 0 Å². The second-order valence-corrected chi connectivity index (χ2v) is 7.36. The van der Waals surface area contributed by atoms with E-state index in [1.807, 2.05) is 12.1 Å². The van der Waals surface area contributed by atoms with E-state index in [1.165, 1.54) is 12.1 Å². The first-order chi connectivity index (χ1) is 14.6. The molecule has 1 aromatic heterocycles. The summed E-state index contributed by atoms with van der Waals surface area (Å²) in [6.45, 7) is 2.92. The monoisotopic (exact) mass is 430 g/mol. The quantitative estimate of drug-likeness (QED) is 0.597. The van der Waals surface area contributed by atoms with Crippen molar-refractivity contribution in [1.82, 2.24) is 19.9 Å². The topological polar surface area (TPSA) is 71.7 Å². The molecule has 0 N–H and O–H groups in total. The number of hydrogen-bond donors (Lipinski definition) is 0. The van der Waals surface area contributed by atoms with Crippen LogP contribution in [0.25, 0.3) is 11.4 Å². The third-order valence-corrected chi connectivity index (χ3v) is 5.06. The van der Waals surface area contributed by atoms with Crippen LogP contribution < -0.4 is 4.74 Å². The Morgan fingerprint density at radius 2 is 1.90 bits per heavy atom. The van der Waals surface area contributed by atoms with Gasteiger partial charge < -0.3 is 14.2 Å². The van der Waals surface area contributed by atoms with Crippen LogP contribution in [0, 0.1) is 5.82 Å². The van der Waals surface area contributed by atoms with Crippen LogP contribution in [0.5, 0.6) is 5.75 Å². The van der Waals surface area contributed by atoms with E-state index in [0.717, 1.165) is 5.56 Å². The SMILES string of the molecule is O=C(COc1cccc(F)c1)N1CCN(Cc2nc(-c3ccc(Cl)cc3)no2)CC1. The summed E-state index contributed by atoms with van der Waals surface area (Å²) in [4.78, 5) is 20.7. The average molecular weight is 431 g/mol. The summed E-state index contributed by atoms with van der Waals surface area (Å²) in [6, 6.07) is 13.0. The van der Waals surface area contributed by atoms with Crippen molar-refractivity contribution in [1.29, 1.82) is 0 Å². The molecule has 7 nitrogen and oxygen atoms in total. The van der Waals surface area contributed by atoms with E-state index in [2.05, 4.69) is 15.0 Å². The molecular formula is C21H20ClFN4O3. The molecule has 1 fully saturated rings. The smallest absolute Gasteiger partial charge is 0.260 e. The number of halogens is 2. The average Bonchev–Trinajstić information content (AvgIpc) is 3.21. The number of amides is 1. The molecule has 1 aliphatic heterocycles. The van der Waals surface area contributed by atoms with Gasteiger partial charge in [0.05, 0.1) is 6.54 Å². The zero-order valence-electron chi connectivity index (χ0n) is 16.1. The molecule has 2 aromatic carbocycles. The van der Waals surface area contributed by atoms with Crippen molar-refractivity contribution < 1.29 is 18.4 Å². The maximum absolute atomic E-state index is 13.2. The number of piperazine rings is 1. The summed E-state index contributed by atoms with van der Waals surface area (Å²) in [5, 5.41) is 4.67. The van der Waals surface area contributed by atoms with Crippen molar-refractivity contribution in [2.75, 3.05) is 32.8 Å². The van der Waals surface area contributed by atoms with Gasteiger partial charge in [-0.25, -0.2) is 4.39 Å². The molecule has 1 saturated heterocycles. The van der Waals surface area contributed by atoms with Gasteiger partial charge in [0.2, 0.25) is 11.7 Å². The predicted octanol–water partition coefficient (Wildman–Crippen LogP) is 3.25. The van der Waals surface area contributed by atoms with Gasteiger partial charge in [-0.3, -0.25) is 9.69 Å². The lowest BCUT2D eigenvalue weighted by molar-refractivity contribution is -0.135. The Morgan fingerprint density at radius 1 is 1.13 bits per heavy atom. The summed E-state index contributed by atoms with van der Waals surface area (Å²) in [5.41, 5.74) is 0.836. The van der Waals surface area contributed by atoms with Crippen LogP contribution in [-0.2, 0) is 11.3 Å². The fourth-order valence-electron chi connectivity index (χ4n) is 3.18. The minimum Gasteiger partial charge on any atom is -0.484 e. The van der Waals surface area contributed by atoms with E-state index in [-0.39, 0.29) is 12.5 Å². The van der Waals surface area contributed by atoms with Crippen LogP contribution in [0.2, 0.25) is 5.02 Å². The van der Waals surface area contributed by atoms with Crippen LogP contribution in [0.1, 0.15) is 5.89 Å². The summed E-state index contributed by atoms with van der Waals surface area (Å²) < 4.78 is 23.9. The van der Waals surface area contributed by atoms with Crippen LogP contribution in [0.15, 0.2) is 53.1 Å². The number of carbonyl (C=O) groups excluding carboxylic acids is 1. The Labute approximate surface area is 178 Å². The molecule has 156 valence electrons. The molecule has 2 heterocycles. The molecule has 9 heteroatoms. The van der Waals surface area contributed by atoms with Gasteiger partial charge in [0.1, 0.15) is 11.6 Å². The molecule has 0 unspecified atom stereocenters. The molecule has 1 amide bonds. The van der Waals surface area contributed by atoms with Crippen LogP contribution in [0.3, 0.4) is 0 Å². The van der Waals surface area contributed by atoms with Crippen molar-refractivity contribution >= 4 is 17.5 Å². The molecule has 0 aliphatic carbocycles. The molecule has 0 spiro atoms. The fourth-order valence-corrected chi connectivity index (χ4v) is 3.30. The first kappa shape index (κ1) is 20.3. The molecule has 0 radical (unpaired) electrons. The van der Waals surface area contributed by atoms with Gasteiger partial charge in [0.25, 0.3) is 5.91 Å². The minimum absolute atomic E-state index is 0.114.